The van der Waals surface area contributed by atoms with Gasteiger partial charge < -0.3 is 0 Å². The van der Waals surface area contributed by atoms with Crippen molar-refractivity contribution in [1.29, 1.82) is 0 Å². The van der Waals surface area contributed by atoms with E-state index in [1.165, 1.54) is 11.6 Å². The van der Waals surface area contributed by atoms with Crippen LogP contribution in [0.1, 0.15) is 29.6 Å². The molecule has 2 unspecified atom stereocenters. The molecule has 1 aliphatic rings. The fraction of sp³-hybridized carbons (Fsp3) is 0.294. The minimum absolute atomic E-state index is 0.165. The van der Waals surface area contributed by atoms with Gasteiger partial charge in [-0.2, -0.15) is 0 Å². The van der Waals surface area contributed by atoms with E-state index in [0.717, 1.165) is 12.0 Å². The summed E-state index contributed by atoms with van der Waals surface area (Å²) in [6.45, 7) is 0. The molecule has 3 heteroatoms. The largest absolute Gasteiger partial charge is 0.237 e. The summed E-state index contributed by atoms with van der Waals surface area (Å²) in [5, 5.41) is 4.44. The minimum Gasteiger partial charge on any atom is -0.237 e. The van der Waals surface area contributed by atoms with E-state index in [2.05, 4.69) is 48.4 Å². The molecule has 1 saturated heterocycles. The first-order chi connectivity index (χ1) is 9.66. The number of halogens is 1. The summed E-state index contributed by atoms with van der Waals surface area (Å²) in [5.74, 6) is -0.165. The van der Waals surface area contributed by atoms with Crippen LogP contribution in [0.5, 0.6) is 0 Å². The van der Waals surface area contributed by atoms with Crippen LogP contribution in [0.25, 0.3) is 0 Å². The van der Waals surface area contributed by atoms with E-state index in [4.69, 9.17) is 0 Å². The molecule has 2 aromatic rings. The Kier molecular flexibility index (Phi) is 3.55. The van der Waals surface area contributed by atoms with Crippen LogP contribution in [-0.2, 0) is 0 Å². The predicted molar refractivity (Wildman–Crippen MR) is 78.5 cm³/mol. The SMILES string of the molecule is CN1C(c2ccccc2)CC(c2cccc(F)c2)N1C. The van der Waals surface area contributed by atoms with Gasteiger partial charge in [0.1, 0.15) is 5.82 Å². The summed E-state index contributed by atoms with van der Waals surface area (Å²) in [6, 6.07) is 18.0. The molecule has 0 bridgehead atoms. The molecule has 0 amide bonds. The van der Waals surface area contributed by atoms with Crippen LogP contribution < -0.4 is 0 Å². The van der Waals surface area contributed by atoms with Gasteiger partial charge in [0.2, 0.25) is 0 Å². The number of hydrogen-bond donors (Lipinski definition) is 0. The van der Waals surface area contributed by atoms with Crippen molar-refractivity contribution in [2.24, 2.45) is 0 Å². The van der Waals surface area contributed by atoms with Gasteiger partial charge in [0.05, 0.1) is 12.1 Å². The predicted octanol–water partition coefficient (Wildman–Crippen LogP) is 3.79. The van der Waals surface area contributed by atoms with Crippen LogP contribution in [-0.4, -0.2) is 24.1 Å². The highest BCUT2D eigenvalue weighted by Crippen LogP contribution is 2.41. The van der Waals surface area contributed by atoms with Crippen molar-refractivity contribution < 1.29 is 4.39 Å². The Bertz CT molecular complexity index is 585. The molecule has 3 rings (SSSR count). The van der Waals surface area contributed by atoms with Gasteiger partial charge in [-0.1, -0.05) is 42.5 Å². The molecule has 1 aliphatic heterocycles. The Balaban J connectivity index is 1.89. The molecule has 0 radical (unpaired) electrons. The van der Waals surface area contributed by atoms with Crippen molar-refractivity contribution in [2.75, 3.05) is 14.1 Å². The lowest BCUT2D eigenvalue weighted by atomic mass is 9.97. The van der Waals surface area contributed by atoms with E-state index >= 15 is 0 Å². The summed E-state index contributed by atoms with van der Waals surface area (Å²) >= 11 is 0. The molecule has 2 aromatic carbocycles. The monoisotopic (exact) mass is 270 g/mol. The Morgan fingerprint density at radius 1 is 0.850 bits per heavy atom. The molecule has 20 heavy (non-hydrogen) atoms. The lowest BCUT2D eigenvalue weighted by Gasteiger charge is -2.28. The van der Waals surface area contributed by atoms with Crippen molar-refractivity contribution >= 4 is 0 Å². The second-order valence-electron chi connectivity index (χ2n) is 5.38. The highest BCUT2D eigenvalue weighted by molar-refractivity contribution is 5.25. The van der Waals surface area contributed by atoms with Crippen molar-refractivity contribution in [3.8, 4) is 0 Å². The van der Waals surface area contributed by atoms with Gasteiger partial charge in [-0.05, 0) is 29.7 Å². The minimum atomic E-state index is -0.165. The zero-order valence-corrected chi connectivity index (χ0v) is 11.8. The molecule has 0 spiro atoms. The molecule has 1 fully saturated rings. The second kappa shape index (κ2) is 5.35. The quantitative estimate of drug-likeness (QED) is 0.819. The standard InChI is InChI=1S/C17H19FN2/c1-19-16(13-7-4-3-5-8-13)12-17(20(19)2)14-9-6-10-15(18)11-14/h3-11,16-17H,12H2,1-2H3. The summed E-state index contributed by atoms with van der Waals surface area (Å²) in [7, 11) is 4.16. The number of hydrogen-bond acceptors (Lipinski definition) is 2. The summed E-state index contributed by atoms with van der Waals surface area (Å²) in [6.07, 6.45) is 0.973. The average Bonchev–Trinajstić information content (AvgIpc) is 2.76. The fourth-order valence-corrected chi connectivity index (χ4v) is 3.05. The first-order valence-electron chi connectivity index (χ1n) is 6.93. The zero-order chi connectivity index (χ0) is 14.1. The highest BCUT2D eigenvalue weighted by Gasteiger charge is 2.36. The smallest absolute Gasteiger partial charge is 0.123 e. The highest BCUT2D eigenvalue weighted by atomic mass is 19.1. The van der Waals surface area contributed by atoms with E-state index in [1.54, 1.807) is 12.1 Å². The van der Waals surface area contributed by atoms with Crippen molar-refractivity contribution in [3.63, 3.8) is 0 Å². The van der Waals surface area contributed by atoms with Gasteiger partial charge in [-0.25, -0.2) is 14.4 Å². The van der Waals surface area contributed by atoms with Crippen LogP contribution in [0.4, 0.5) is 4.39 Å². The van der Waals surface area contributed by atoms with Gasteiger partial charge in [0, 0.05) is 14.1 Å². The summed E-state index contributed by atoms with van der Waals surface area (Å²) in [4.78, 5) is 0. The van der Waals surface area contributed by atoms with Crippen LogP contribution in [0.15, 0.2) is 54.6 Å². The number of benzene rings is 2. The third-order valence-electron chi connectivity index (χ3n) is 4.26. The topological polar surface area (TPSA) is 6.48 Å². The third-order valence-corrected chi connectivity index (χ3v) is 4.26. The van der Waals surface area contributed by atoms with Gasteiger partial charge in [0.25, 0.3) is 0 Å². The second-order valence-corrected chi connectivity index (χ2v) is 5.38. The van der Waals surface area contributed by atoms with E-state index in [1.807, 2.05) is 12.1 Å². The molecule has 2 nitrogen and oxygen atoms in total. The lowest BCUT2D eigenvalue weighted by molar-refractivity contribution is 0.0252. The Labute approximate surface area is 119 Å². The van der Waals surface area contributed by atoms with Gasteiger partial charge >= 0.3 is 0 Å². The van der Waals surface area contributed by atoms with Gasteiger partial charge in [0.15, 0.2) is 0 Å². The summed E-state index contributed by atoms with van der Waals surface area (Å²) < 4.78 is 13.4. The van der Waals surface area contributed by atoms with Gasteiger partial charge in [-0.15, -0.1) is 0 Å². The molecule has 0 aromatic heterocycles. The number of nitrogens with zero attached hydrogens (tertiary/aromatic N) is 2. The summed E-state index contributed by atoms with van der Waals surface area (Å²) in [5.41, 5.74) is 2.35. The molecule has 2 atom stereocenters. The van der Waals surface area contributed by atoms with Crippen LogP contribution >= 0.6 is 0 Å². The lowest BCUT2D eigenvalue weighted by Crippen LogP contribution is -2.32. The molecule has 0 N–H and O–H groups in total. The van der Waals surface area contributed by atoms with Crippen molar-refractivity contribution in [1.82, 2.24) is 10.0 Å². The van der Waals surface area contributed by atoms with Crippen LogP contribution in [0, 0.1) is 5.82 Å². The first-order valence-corrected chi connectivity index (χ1v) is 6.93. The van der Waals surface area contributed by atoms with Crippen molar-refractivity contribution in [2.45, 2.75) is 18.5 Å². The molecular weight excluding hydrogens is 251 g/mol. The number of hydrazine groups is 1. The van der Waals surface area contributed by atoms with E-state index in [-0.39, 0.29) is 11.9 Å². The van der Waals surface area contributed by atoms with E-state index in [0.29, 0.717) is 6.04 Å². The van der Waals surface area contributed by atoms with Gasteiger partial charge in [-0.3, -0.25) is 0 Å². The van der Waals surface area contributed by atoms with E-state index in [9.17, 15) is 4.39 Å². The molecule has 1 heterocycles. The number of rotatable bonds is 2. The maximum absolute atomic E-state index is 13.4. The Hall–Kier alpha value is -1.71. The van der Waals surface area contributed by atoms with Crippen LogP contribution in [0.2, 0.25) is 0 Å². The zero-order valence-electron chi connectivity index (χ0n) is 11.8. The third kappa shape index (κ3) is 2.35. The maximum Gasteiger partial charge on any atom is 0.123 e. The van der Waals surface area contributed by atoms with Crippen LogP contribution in [0.3, 0.4) is 0 Å². The Morgan fingerprint density at radius 2 is 1.45 bits per heavy atom. The molecule has 0 saturated carbocycles. The van der Waals surface area contributed by atoms with Crippen molar-refractivity contribution in [3.05, 3.63) is 71.5 Å². The average molecular weight is 270 g/mol. The molecule has 104 valence electrons. The maximum atomic E-state index is 13.4. The Morgan fingerprint density at radius 3 is 2.10 bits per heavy atom. The van der Waals surface area contributed by atoms with E-state index < -0.39 is 0 Å². The first kappa shape index (κ1) is 13.3. The molecular formula is C17H19FN2. The fourth-order valence-electron chi connectivity index (χ4n) is 3.05. The normalized spacial score (nSPS) is 24.1. The molecule has 0 aliphatic carbocycles.